The Labute approximate surface area is 185 Å². The van der Waals surface area contributed by atoms with Crippen molar-refractivity contribution >= 4 is 34.7 Å². The third kappa shape index (κ3) is 5.21. The molecule has 1 aliphatic rings. The molecule has 0 radical (unpaired) electrons. The van der Waals surface area contributed by atoms with Crippen molar-refractivity contribution < 1.29 is 18.7 Å². The molecule has 2 aromatic rings. The molecule has 0 atom stereocenters. The Morgan fingerprint density at radius 1 is 1.23 bits per heavy atom. The van der Waals surface area contributed by atoms with Crippen LogP contribution in [0.25, 0.3) is 0 Å². The van der Waals surface area contributed by atoms with Gasteiger partial charge in [0.2, 0.25) is 5.91 Å². The Morgan fingerprint density at radius 2 is 1.97 bits per heavy atom. The van der Waals surface area contributed by atoms with Crippen molar-refractivity contribution in [2.24, 2.45) is 11.7 Å². The van der Waals surface area contributed by atoms with E-state index >= 15 is 0 Å². The minimum absolute atomic E-state index is 0.0179. The Balaban J connectivity index is 1.73. The molecule has 160 valence electrons. The summed E-state index contributed by atoms with van der Waals surface area (Å²) in [6, 6.07) is 9.95. The van der Waals surface area contributed by atoms with E-state index in [1.54, 1.807) is 18.2 Å². The highest BCUT2D eigenvalue weighted by atomic mass is 35.5. The highest BCUT2D eigenvalue weighted by Crippen LogP contribution is 2.31. The molecule has 0 spiro atoms. The van der Waals surface area contributed by atoms with Gasteiger partial charge in [-0.15, -0.1) is 0 Å². The lowest BCUT2D eigenvalue weighted by molar-refractivity contribution is -0.122. The van der Waals surface area contributed by atoms with Crippen LogP contribution in [0, 0.1) is 11.7 Å². The quantitative estimate of drug-likeness (QED) is 0.636. The molecule has 30 heavy (non-hydrogen) atoms. The predicted octanol–water partition coefficient (Wildman–Crippen LogP) is 4.33. The van der Waals surface area contributed by atoms with Gasteiger partial charge in [-0.2, -0.15) is 0 Å². The van der Waals surface area contributed by atoms with Crippen LogP contribution < -0.4 is 15.2 Å². The maximum atomic E-state index is 14.0. The molecule has 1 saturated heterocycles. The Kier molecular flexibility index (Phi) is 7.50. The third-order valence-corrected chi connectivity index (χ3v) is 5.96. The minimum atomic E-state index is -0.419. The van der Waals surface area contributed by atoms with Crippen LogP contribution in [0.15, 0.2) is 36.4 Å². The molecular formula is C22H24ClFN2O3S. The lowest BCUT2D eigenvalue weighted by atomic mass is 9.96. The number of hydrogen-bond acceptors (Lipinski definition) is 4. The van der Waals surface area contributed by atoms with Crippen molar-refractivity contribution in [2.75, 3.05) is 19.7 Å². The fourth-order valence-corrected chi connectivity index (χ4v) is 3.93. The van der Waals surface area contributed by atoms with Crippen LogP contribution in [0.2, 0.25) is 5.02 Å². The highest BCUT2D eigenvalue weighted by Gasteiger charge is 2.25. The van der Waals surface area contributed by atoms with Gasteiger partial charge in [0.05, 0.1) is 11.6 Å². The number of nitrogens with zero attached hydrogens (tertiary/aromatic N) is 1. The van der Waals surface area contributed by atoms with Crippen molar-refractivity contribution in [1.29, 1.82) is 0 Å². The molecule has 1 heterocycles. The first-order chi connectivity index (χ1) is 14.4. The first-order valence-electron chi connectivity index (χ1n) is 9.81. The van der Waals surface area contributed by atoms with Gasteiger partial charge < -0.3 is 20.1 Å². The molecule has 1 amide bonds. The molecule has 8 heteroatoms. The number of benzene rings is 2. The van der Waals surface area contributed by atoms with E-state index in [-0.39, 0.29) is 18.4 Å². The molecule has 0 bridgehead atoms. The van der Waals surface area contributed by atoms with E-state index in [0.29, 0.717) is 59.6 Å². The lowest BCUT2D eigenvalue weighted by Gasteiger charge is -2.32. The summed E-state index contributed by atoms with van der Waals surface area (Å²) in [5.41, 5.74) is 6.52. The van der Waals surface area contributed by atoms with Crippen molar-refractivity contribution in [3.63, 3.8) is 0 Å². The van der Waals surface area contributed by atoms with Crippen molar-refractivity contribution in [1.82, 2.24) is 4.90 Å². The zero-order valence-corrected chi connectivity index (χ0v) is 18.3. The van der Waals surface area contributed by atoms with Crippen LogP contribution in [0.3, 0.4) is 0 Å². The Hall–Kier alpha value is -2.38. The number of likely N-dealkylation sites (tertiary alicyclic amines) is 1. The van der Waals surface area contributed by atoms with Gasteiger partial charge in [0.1, 0.15) is 17.4 Å². The SMILES string of the molecule is CCOc1cc(C(=S)N2CCC(C(N)=O)CC2)ccc1OCc1c(F)cccc1Cl. The van der Waals surface area contributed by atoms with Gasteiger partial charge in [-0.1, -0.05) is 29.9 Å². The summed E-state index contributed by atoms with van der Waals surface area (Å²) >= 11 is 11.7. The number of thiocarbonyl (C=S) groups is 1. The maximum Gasteiger partial charge on any atom is 0.220 e. The first-order valence-corrected chi connectivity index (χ1v) is 10.6. The third-order valence-electron chi connectivity index (χ3n) is 5.11. The number of carbonyl (C=O) groups excluding carboxylic acids is 1. The number of amides is 1. The van der Waals surface area contributed by atoms with Crippen LogP contribution in [-0.2, 0) is 11.4 Å². The lowest BCUT2D eigenvalue weighted by Crippen LogP contribution is -2.41. The van der Waals surface area contributed by atoms with Gasteiger partial charge in [0, 0.05) is 30.1 Å². The molecule has 1 aliphatic heterocycles. The number of primary amides is 1. The second kappa shape index (κ2) is 10.1. The van der Waals surface area contributed by atoms with Crippen LogP contribution in [0.4, 0.5) is 4.39 Å². The molecule has 5 nitrogen and oxygen atoms in total. The largest absolute Gasteiger partial charge is 0.490 e. The molecule has 1 fully saturated rings. The van der Waals surface area contributed by atoms with Gasteiger partial charge in [-0.3, -0.25) is 4.79 Å². The van der Waals surface area contributed by atoms with Crippen LogP contribution in [-0.4, -0.2) is 35.5 Å². The smallest absolute Gasteiger partial charge is 0.220 e. The van der Waals surface area contributed by atoms with E-state index < -0.39 is 5.82 Å². The molecule has 2 N–H and O–H groups in total. The predicted molar refractivity (Wildman–Crippen MR) is 119 cm³/mol. The fourth-order valence-electron chi connectivity index (χ4n) is 3.40. The van der Waals surface area contributed by atoms with E-state index in [0.717, 1.165) is 5.56 Å². The summed E-state index contributed by atoms with van der Waals surface area (Å²) in [4.78, 5) is 14.1. The summed E-state index contributed by atoms with van der Waals surface area (Å²) < 4.78 is 25.5. The second-order valence-corrected chi connectivity index (χ2v) is 7.85. The maximum absolute atomic E-state index is 14.0. The van der Waals surface area contributed by atoms with E-state index in [1.165, 1.54) is 6.07 Å². The summed E-state index contributed by atoms with van der Waals surface area (Å²) in [6.07, 6.45) is 1.39. The zero-order valence-electron chi connectivity index (χ0n) is 16.7. The molecule has 0 saturated carbocycles. The number of nitrogens with two attached hydrogens (primary N) is 1. The first kappa shape index (κ1) is 22.3. The fraction of sp³-hybridized carbons (Fsp3) is 0.364. The van der Waals surface area contributed by atoms with E-state index in [4.69, 9.17) is 39.0 Å². The topological polar surface area (TPSA) is 64.8 Å². The average molecular weight is 451 g/mol. The van der Waals surface area contributed by atoms with Crippen LogP contribution in [0.5, 0.6) is 11.5 Å². The van der Waals surface area contributed by atoms with Gasteiger partial charge in [0.25, 0.3) is 0 Å². The molecule has 3 rings (SSSR count). The van der Waals surface area contributed by atoms with Gasteiger partial charge in [0.15, 0.2) is 11.5 Å². The van der Waals surface area contributed by atoms with Crippen LogP contribution in [0.1, 0.15) is 30.9 Å². The molecule has 0 aliphatic carbocycles. The van der Waals surface area contributed by atoms with Crippen LogP contribution >= 0.6 is 23.8 Å². The summed E-state index contributed by atoms with van der Waals surface area (Å²) in [7, 11) is 0. The number of piperidine rings is 1. The van der Waals surface area contributed by atoms with E-state index in [2.05, 4.69) is 4.90 Å². The molecule has 0 unspecified atom stereocenters. The number of carbonyl (C=O) groups is 1. The number of hydrogen-bond donors (Lipinski definition) is 1. The van der Waals surface area contributed by atoms with Gasteiger partial charge in [-0.25, -0.2) is 4.39 Å². The highest BCUT2D eigenvalue weighted by molar-refractivity contribution is 7.80. The van der Waals surface area contributed by atoms with E-state index in [9.17, 15) is 9.18 Å². The van der Waals surface area contributed by atoms with E-state index in [1.807, 2.05) is 19.1 Å². The number of rotatable bonds is 7. The number of halogens is 2. The number of ether oxygens (including phenoxy) is 2. The average Bonchev–Trinajstić information content (AvgIpc) is 2.74. The van der Waals surface area contributed by atoms with Crippen molar-refractivity contribution in [3.05, 3.63) is 58.4 Å². The molecular weight excluding hydrogens is 427 g/mol. The zero-order chi connectivity index (χ0) is 21.7. The summed E-state index contributed by atoms with van der Waals surface area (Å²) in [6.45, 7) is 3.66. The normalized spacial score (nSPS) is 14.4. The Bertz CT molecular complexity index is 912. The second-order valence-electron chi connectivity index (χ2n) is 7.05. The van der Waals surface area contributed by atoms with Crippen molar-refractivity contribution in [3.8, 4) is 11.5 Å². The molecule has 0 aromatic heterocycles. The van der Waals surface area contributed by atoms with Gasteiger partial charge >= 0.3 is 0 Å². The minimum Gasteiger partial charge on any atom is -0.490 e. The van der Waals surface area contributed by atoms with Crippen molar-refractivity contribution in [2.45, 2.75) is 26.4 Å². The summed E-state index contributed by atoms with van der Waals surface area (Å²) in [5.74, 6) is 0.240. The Morgan fingerprint density at radius 3 is 2.60 bits per heavy atom. The summed E-state index contributed by atoms with van der Waals surface area (Å²) in [5, 5.41) is 0.310. The molecule has 2 aromatic carbocycles. The monoisotopic (exact) mass is 450 g/mol. The van der Waals surface area contributed by atoms with Gasteiger partial charge in [-0.05, 0) is 50.1 Å². The standard InChI is InChI=1S/C22H24ClFN2O3S/c1-2-28-20-12-15(22(30)26-10-8-14(9-11-26)21(25)27)6-7-19(20)29-13-16-17(23)4-3-5-18(16)24/h3-7,12,14H,2,8-11,13H2,1H3,(H2,25,27).